The molecule has 0 saturated carbocycles. The van der Waals surface area contributed by atoms with Crippen molar-refractivity contribution < 1.29 is 4.79 Å². The van der Waals surface area contributed by atoms with E-state index < -0.39 is 0 Å². The van der Waals surface area contributed by atoms with Crippen LogP contribution in [-0.4, -0.2) is 51.6 Å². The van der Waals surface area contributed by atoms with E-state index in [1.807, 2.05) is 39.8 Å². The number of fused-ring (bicyclic) bond motifs is 1. The molecule has 5 rings (SSSR count). The van der Waals surface area contributed by atoms with Crippen LogP contribution in [0.2, 0.25) is 0 Å². The third-order valence-corrected chi connectivity index (χ3v) is 7.01. The lowest BCUT2D eigenvalue weighted by Gasteiger charge is -2.46. The van der Waals surface area contributed by atoms with Crippen molar-refractivity contribution in [2.24, 2.45) is 0 Å². The topological polar surface area (TPSA) is 52.2 Å². The Balaban J connectivity index is 1.21. The molecule has 3 aromatic heterocycles. The van der Waals surface area contributed by atoms with Gasteiger partial charge in [0.1, 0.15) is 0 Å². The van der Waals surface area contributed by atoms with Crippen LogP contribution in [0.5, 0.6) is 0 Å². The first-order valence-electron chi connectivity index (χ1n) is 8.46. The molecular weight excluding hydrogens is 352 g/mol. The number of thiophene rings is 2. The molecule has 128 valence electrons. The summed E-state index contributed by atoms with van der Waals surface area (Å²) in [6, 6.07) is 8.61. The summed E-state index contributed by atoms with van der Waals surface area (Å²) < 4.78 is 0. The van der Waals surface area contributed by atoms with Crippen LogP contribution in [0.4, 0.5) is 0 Å². The Bertz CT molecular complexity index is 892. The number of amides is 1. The van der Waals surface area contributed by atoms with E-state index in [0.29, 0.717) is 11.7 Å². The number of hydrogen-bond donors (Lipinski definition) is 1. The molecule has 0 aromatic carbocycles. The van der Waals surface area contributed by atoms with Crippen LogP contribution < -0.4 is 0 Å². The molecule has 2 aliphatic rings. The Kier molecular flexibility index (Phi) is 3.73. The Morgan fingerprint density at radius 1 is 1.24 bits per heavy atom. The van der Waals surface area contributed by atoms with Crippen molar-refractivity contribution >= 4 is 28.6 Å². The molecule has 0 bridgehead atoms. The van der Waals surface area contributed by atoms with Gasteiger partial charge in [-0.2, -0.15) is 5.10 Å². The molecule has 0 radical (unpaired) electrons. The highest BCUT2D eigenvalue weighted by Crippen LogP contribution is 2.29. The molecule has 5 heterocycles. The quantitative estimate of drug-likeness (QED) is 0.771. The predicted molar refractivity (Wildman–Crippen MR) is 100 cm³/mol. The van der Waals surface area contributed by atoms with E-state index in [1.165, 1.54) is 10.4 Å². The van der Waals surface area contributed by atoms with Crippen molar-refractivity contribution in [1.82, 2.24) is 20.0 Å². The number of nitrogens with one attached hydrogen (secondary N) is 1. The highest BCUT2D eigenvalue weighted by atomic mass is 32.1. The normalized spacial score (nSPS) is 18.2. The SMILES string of the molecule is O=C(c1cc(-c2cccs2)[nH]n1)N1CC(N2CCc3sccc3C2)C1. The molecule has 0 unspecified atom stereocenters. The van der Waals surface area contributed by atoms with Crippen LogP contribution in [0, 0.1) is 0 Å². The van der Waals surface area contributed by atoms with Gasteiger partial charge in [-0.1, -0.05) is 6.07 Å². The molecule has 0 atom stereocenters. The Morgan fingerprint density at radius 3 is 3.00 bits per heavy atom. The van der Waals surface area contributed by atoms with Crippen molar-refractivity contribution in [1.29, 1.82) is 0 Å². The van der Waals surface area contributed by atoms with Gasteiger partial charge in [0.05, 0.1) is 10.6 Å². The van der Waals surface area contributed by atoms with Gasteiger partial charge >= 0.3 is 0 Å². The van der Waals surface area contributed by atoms with Gasteiger partial charge in [0.25, 0.3) is 5.91 Å². The fraction of sp³-hybridized carbons (Fsp3) is 0.333. The van der Waals surface area contributed by atoms with Gasteiger partial charge < -0.3 is 4.90 Å². The van der Waals surface area contributed by atoms with E-state index in [0.717, 1.165) is 43.2 Å². The maximum Gasteiger partial charge on any atom is 0.274 e. The Hall–Kier alpha value is -1.96. The molecule has 25 heavy (non-hydrogen) atoms. The largest absolute Gasteiger partial charge is 0.334 e. The second-order valence-corrected chi connectivity index (χ2v) is 8.55. The van der Waals surface area contributed by atoms with Gasteiger partial charge in [-0.3, -0.25) is 14.8 Å². The average Bonchev–Trinajstić information content (AvgIpc) is 3.32. The van der Waals surface area contributed by atoms with Crippen LogP contribution in [-0.2, 0) is 13.0 Å². The molecular formula is C18H18N4OS2. The molecule has 2 aliphatic heterocycles. The van der Waals surface area contributed by atoms with Crippen molar-refractivity contribution in [3.8, 4) is 10.6 Å². The minimum Gasteiger partial charge on any atom is -0.334 e. The molecule has 0 aliphatic carbocycles. The lowest BCUT2D eigenvalue weighted by Crippen LogP contribution is -2.61. The summed E-state index contributed by atoms with van der Waals surface area (Å²) in [6.45, 7) is 3.74. The van der Waals surface area contributed by atoms with Gasteiger partial charge in [0.2, 0.25) is 0 Å². The first-order valence-corrected chi connectivity index (χ1v) is 10.2. The fourth-order valence-electron chi connectivity index (χ4n) is 3.59. The maximum absolute atomic E-state index is 12.6. The zero-order valence-corrected chi connectivity index (χ0v) is 15.3. The summed E-state index contributed by atoms with van der Waals surface area (Å²) in [5.41, 5.74) is 2.89. The fourth-order valence-corrected chi connectivity index (χ4v) is 5.17. The summed E-state index contributed by atoms with van der Waals surface area (Å²) in [5, 5.41) is 11.4. The Labute approximate surface area is 153 Å². The molecule has 3 aromatic rings. The molecule has 1 N–H and O–H groups in total. The van der Waals surface area contributed by atoms with Crippen molar-refractivity contribution in [3.63, 3.8) is 0 Å². The summed E-state index contributed by atoms with van der Waals surface area (Å²) >= 11 is 3.51. The van der Waals surface area contributed by atoms with Crippen molar-refractivity contribution in [3.05, 3.63) is 51.2 Å². The summed E-state index contributed by atoms with van der Waals surface area (Å²) in [6.07, 6.45) is 1.14. The highest BCUT2D eigenvalue weighted by Gasteiger charge is 2.37. The van der Waals surface area contributed by atoms with Gasteiger partial charge in [0, 0.05) is 37.1 Å². The van der Waals surface area contributed by atoms with E-state index in [2.05, 4.69) is 26.5 Å². The molecule has 0 spiro atoms. The number of hydrogen-bond acceptors (Lipinski definition) is 5. The van der Waals surface area contributed by atoms with E-state index in [1.54, 1.807) is 11.3 Å². The maximum atomic E-state index is 12.6. The average molecular weight is 371 g/mol. The first kappa shape index (κ1) is 15.3. The number of carbonyl (C=O) groups excluding carboxylic acids is 1. The number of H-pyrrole nitrogens is 1. The van der Waals surface area contributed by atoms with E-state index in [9.17, 15) is 4.79 Å². The molecule has 7 heteroatoms. The highest BCUT2D eigenvalue weighted by molar-refractivity contribution is 7.13. The number of carbonyl (C=O) groups is 1. The summed E-state index contributed by atoms with van der Waals surface area (Å²) in [7, 11) is 0. The van der Waals surface area contributed by atoms with Gasteiger partial charge in [-0.05, 0) is 40.9 Å². The minimum absolute atomic E-state index is 0.0311. The van der Waals surface area contributed by atoms with Gasteiger partial charge in [-0.15, -0.1) is 22.7 Å². The van der Waals surface area contributed by atoms with E-state index in [4.69, 9.17) is 0 Å². The zero-order chi connectivity index (χ0) is 16.8. The van der Waals surface area contributed by atoms with E-state index >= 15 is 0 Å². The van der Waals surface area contributed by atoms with Crippen molar-refractivity contribution in [2.45, 2.75) is 19.0 Å². The molecule has 1 amide bonds. The van der Waals surface area contributed by atoms with Crippen LogP contribution in [0.25, 0.3) is 10.6 Å². The van der Waals surface area contributed by atoms with Gasteiger partial charge in [-0.25, -0.2) is 0 Å². The number of rotatable bonds is 3. The van der Waals surface area contributed by atoms with Crippen LogP contribution in [0.3, 0.4) is 0 Å². The Morgan fingerprint density at radius 2 is 2.16 bits per heavy atom. The molecule has 5 nitrogen and oxygen atoms in total. The monoisotopic (exact) mass is 370 g/mol. The number of aromatic amines is 1. The predicted octanol–water partition coefficient (Wildman–Crippen LogP) is 3.08. The van der Waals surface area contributed by atoms with E-state index in [-0.39, 0.29) is 5.91 Å². The summed E-state index contributed by atoms with van der Waals surface area (Å²) in [4.78, 5) is 19.7. The van der Waals surface area contributed by atoms with Crippen LogP contribution >= 0.6 is 22.7 Å². The number of nitrogens with zero attached hydrogens (tertiary/aromatic N) is 3. The first-order chi connectivity index (χ1) is 12.3. The standard InChI is InChI=1S/C18H18N4OS2/c23-18(15-8-14(19-20-15)17-2-1-6-24-17)22-10-13(11-22)21-5-3-16-12(9-21)4-7-25-16/h1-2,4,6-8,13H,3,5,9-11H2,(H,19,20). The lowest BCUT2D eigenvalue weighted by molar-refractivity contribution is 0.0216. The number of aromatic nitrogens is 2. The number of likely N-dealkylation sites (tertiary alicyclic amines) is 1. The van der Waals surface area contributed by atoms with Crippen LogP contribution in [0.15, 0.2) is 35.0 Å². The smallest absolute Gasteiger partial charge is 0.274 e. The summed E-state index contributed by atoms with van der Waals surface area (Å²) in [5.74, 6) is 0.0311. The molecule has 1 fully saturated rings. The van der Waals surface area contributed by atoms with Crippen LogP contribution in [0.1, 0.15) is 20.9 Å². The lowest BCUT2D eigenvalue weighted by atomic mass is 10.0. The van der Waals surface area contributed by atoms with Gasteiger partial charge in [0.15, 0.2) is 5.69 Å². The van der Waals surface area contributed by atoms with Crippen molar-refractivity contribution in [2.75, 3.05) is 19.6 Å². The zero-order valence-electron chi connectivity index (χ0n) is 13.6. The second-order valence-electron chi connectivity index (χ2n) is 6.60. The minimum atomic E-state index is 0.0311. The third kappa shape index (κ3) is 2.72. The second kappa shape index (κ2) is 6.09. The molecule has 1 saturated heterocycles. The third-order valence-electron chi connectivity index (χ3n) is 5.09.